The largest absolute Gasteiger partial charge is 0.493 e. The van der Waals surface area contributed by atoms with Crippen molar-refractivity contribution < 1.29 is 93.0 Å². The molecule has 19 nitrogen and oxygen atoms in total. The fourth-order valence-electron chi connectivity index (χ4n) is 7.55. The van der Waals surface area contributed by atoms with E-state index in [0.29, 0.717) is 45.4 Å². The van der Waals surface area contributed by atoms with Gasteiger partial charge in [-0.05, 0) is 41.0 Å². The molecule has 1 aliphatic carbocycles. The number of rotatable bonds is 12. The van der Waals surface area contributed by atoms with Crippen LogP contribution in [0.1, 0.15) is 28.7 Å². The van der Waals surface area contributed by atoms with Gasteiger partial charge in [0.25, 0.3) is 0 Å². The average Bonchev–Trinajstić information content (AvgIpc) is 3.65. The molecule has 0 saturated carbocycles. The Morgan fingerprint density at radius 1 is 0.704 bits per heavy atom. The van der Waals surface area contributed by atoms with Gasteiger partial charge in [0.1, 0.15) is 48.8 Å². The molecular weight excluding hydrogens is 724 g/mol. The van der Waals surface area contributed by atoms with Crippen LogP contribution >= 0.6 is 0 Å². The summed E-state index contributed by atoms with van der Waals surface area (Å²) in [5.74, 6) is -2.28. The van der Waals surface area contributed by atoms with E-state index in [-0.39, 0.29) is 6.79 Å². The zero-order valence-electron chi connectivity index (χ0n) is 29.8. The topological polar surface area (TPSA) is 271 Å². The highest BCUT2D eigenvalue weighted by Gasteiger charge is 2.53. The minimum Gasteiger partial charge on any atom is -0.493 e. The Kier molecular flexibility index (Phi) is 12.4. The second-order valence-corrected chi connectivity index (χ2v) is 13.3. The normalized spacial score (nSPS) is 35.9. The van der Waals surface area contributed by atoms with Gasteiger partial charge in [0.15, 0.2) is 35.6 Å². The van der Waals surface area contributed by atoms with Gasteiger partial charge in [-0.15, -0.1) is 0 Å². The number of hydrogen-bond acceptors (Lipinski definition) is 19. The summed E-state index contributed by atoms with van der Waals surface area (Å²) in [6, 6.07) is 6.61. The summed E-state index contributed by atoms with van der Waals surface area (Å²) in [6.07, 6.45) is -18.0. The SMILES string of the molecule is COC(=O)C1C(c2cc(OC)c(OC)c(OC)c2)c2cc3c(cc2C(OC2OC(COC4OC(CO)C(O)C(O)C4O)C(O)C(O)C2O)C1CO)OCO3. The highest BCUT2D eigenvalue weighted by molar-refractivity contribution is 5.77. The van der Waals surface area contributed by atoms with Crippen LogP contribution in [0.2, 0.25) is 0 Å². The summed E-state index contributed by atoms with van der Waals surface area (Å²) < 4.78 is 56.6. The van der Waals surface area contributed by atoms with E-state index in [4.69, 9.17) is 47.4 Å². The van der Waals surface area contributed by atoms with Crippen LogP contribution in [0.15, 0.2) is 24.3 Å². The van der Waals surface area contributed by atoms with E-state index in [9.17, 15) is 45.6 Å². The van der Waals surface area contributed by atoms with E-state index in [1.807, 2.05) is 0 Å². The number of ether oxygens (including phenoxy) is 10. The lowest BCUT2D eigenvalue weighted by Gasteiger charge is -2.46. The maximum absolute atomic E-state index is 13.8. The number of fused-ring (bicyclic) bond motifs is 2. The molecule has 2 fully saturated rings. The molecular formula is C35H46O19. The van der Waals surface area contributed by atoms with Gasteiger partial charge >= 0.3 is 5.97 Å². The van der Waals surface area contributed by atoms with Crippen LogP contribution in [-0.2, 0) is 28.5 Å². The van der Waals surface area contributed by atoms with Gasteiger partial charge in [-0.1, -0.05) is 0 Å². The average molecular weight is 771 g/mol. The Bertz CT molecular complexity index is 1600. The minimum absolute atomic E-state index is 0.104. The summed E-state index contributed by atoms with van der Waals surface area (Å²) >= 11 is 0. The third-order valence-electron chi connectivity index (χ3n) is 10.4. The Morgan fingerprint density at radius 3 is 1.83 bits per heavy atom. The van der Waals surface area contributed by atoms with Crippen molar-refractivity contribution in [2.24, 2.45) is 11.8 Å². The molecule has 0 spiro atoms. The fourth-order valence-corrected chi connectivity index (χ4v) is 7.55. The van der Waals surface area contributed by atoms with Crippen LogP contribution in [0.4, 0.5) is 0 Å². The fraction of sp³-hybridized carbons (Fsp3) is 0.629. The van der Waals surface area contributed by atoms with Crippen molar-refractivity contribution >= 4 is 5.97 Å². The van der Waals surface area contributed by atoms with Crippen molar-refractivity contribution in [2.75, 3.05) is 55.1 Å². The van der Waals surface area contributed by atoms with Crippen molar-refractivity contribution in [3.63, 3.8) is 0 Å². The molecule has 0 aromatic heterocycles. The van der Waals surface area contributed by atoms with Gasteiger partial charge in [0.05, 0.1) is 53.7 Å². The highest BCUT2D eigenvalue weighted by Crippen LogP contribution is 2.55. The molecule has 2 aromatic rings. The van der Waals surface area contributed by atoms with E-state index in [0.717, 1.165) is 0 Å². The summed E-state index contributed by atoms with van der Waals surface area (Å²) in [5.41, 5.74) is 1.38. The summed E-state index contributed by atoms with van der Waals surface area (Å²) in [4.78, 5) is 13.8. The molecule has 14 atom stereocenters. The predicted molar refractivity (Wildman–Crippen MR) is 177 cm³/mol. The lowest BCUT2D eigenvalue weighted by atomic mass is 9.65. The molecule has 6 rings (SSSR count). The molecule has 0 radical (unpaired) electrons. The van der Waals surface area contributed by atoms with Crippen LogP contribution in [0.5, 0.6) is 28.7 Å². The smallest absolute Gasteiger partial charge is 0.310 e. The van der Waals surface area contributed by atoms with Gasteiger partial charge in [-0.2, -0.15) is 0 Å². The molecule has 14 unspecified atom stereocenters. The van der Waals surface area contributed by atoms with E-state index in [1.165, 1.54) is 28.4 Å². The number of benzene rings is 2. The summed E-state index contributed by atoms with van der Waals surface area (Å²) in [7, 11) is 5.52. The van der Waals surface area contributed by atoms with Gasteiger partial charge < -0.3 is 88.2 Å². The van der Waals surface area contributed by atoms with Crippen molar-refractivity contribution in [1.29, 1.82) is 0 Å². The number of esters is 1. The van der Waals surface area contributed by atoms with E-state index < -0.39 is 111 Å². The highest BCUT2D eigenvalue weighted by atomic mass is 16.7. The second-order valence-electron chi connectivity index (χ2n) is 13.3. The maximum atomic E-state index is 13.8. The number of carbonyl (C=O) groups is 1. The first-order chi connectivity index (χ1) is 25.9. The Morgan fingerprint density at radius 2 is 1.28 bits per heavy atom. The third kappa shape index (κ3) is 7.15. The van der Waals surface area contributed by atoms with Crippen LogP contribution in [0, 0.1) is 11.8 Å². The van der Waals surface area contributed by atoms with Gasteiger partial charge in [-0.3, -0.25) is 4.79 Å². The van der Waals surface area contributed by atoms with E-state index in [1.54, 1.807) is 24.3 Å². The molecule has 4 aliphatic rings. The van der Waals surface area contributed by atoms with Crippen LogP contribution in [0.25, 0.3) is 0 Å². The number of methoxy groups -OCH3 is 4. The van der Waals surface area contributed by atoms with Gasteiger partial charge in [0.2, 0.25) is 12.5 Å². The number of carbonyl (C=O) groups excluding carboxylic acids is 1. The van der Waals surface area contributed by atoms with Crippen LogP contribution in [0.3, 0.4) is 0 Å². The number of aliphatic hydroxyl groups is 8. The standard InChI is InChI=1S/C35H46O19/c1-45-19-5-13(6-20(46-2)32(19)47-3)23-14-7-17-18(51-12-50-17)8-15(14)31(16(9-36)24(23)33(44)48-4)54-35-30(43)28(41)26(39)22(53-35)11-49-34-29(42)27(40)25(38)21(10-37)52-34/h5-8,16,21-31,34-43H,9-12H2,1-4H3. The molecule has 0 bridgehead atoms. The minimum atomic E-state index is -1.87. The quantitative estimate of drug-likeness (QED) is 0.105. The Labute approximate surface area is 309 Å². The lowest BCUT2D eigenvalue weighted by Crippen LogP contribution is -2.62. The summed E-state index contributed by atoms with van der Waals surface area (Å²) in [6.45, 7) is -2.08. The van der Waals surface area contributed by atoms with E-state index in [2.05, 4.69) is 0 Å². The second kappa shape index (κ2) is 16.7. The molecule has 3 aliphatic heterocycles. The van der Waals surface area contributed by atoms with Crippen molar-refractivity contribution in [1.82, 2.24) is 0 Å². The summed E-state index contributed by atoms with van der Waals surface area (Å²) in [5, 5.41) is 84.1. The first-order valence-corrected chi connectivity index (χ1v) is 17.1. The van der Waals surface area contributed by atoms with Gasteiger partial charge in [0, 0.05) is 18.4 Å². The molecule has 2 aromatic carbocycles. The molecule has 19 heteroatoms. The van der Waals surface area contributed by atoms with E-state index >= 15 is 0 Å². The Balaban J connectivity index is 1.37. The first-order valence-electron chi connectivity index (χ1n) is 17.1. The van der Waals surface area contributed by atoms with Crippen molar-refractivity contribution in [3.05, 3.63) is 41.0 Å². The molecule has 8 N–H and O–H groups in total. The molecule has 2 saturated heterocycles. The first kappa shape index (κ1) is 40.1. The molecule has 54 heavy (non-hydrogen) atoms. The molecule has 300 valence electrons. The molecule has 0 amide bonds. The zero-order valence-corrected chi connectivity index (χ0v) is 29.8. The van der Waals surface area contributed by atoms with Crippen LogP contribution < -0.4 is 23.7 Å². The lowest BCUT2D eigenvalue weighted by molar-refractivity contribution is -0.339. The number of aliphatic hydroxyl groups excluding tert-OH is 8. The van der Waals surface area contributed by atoms with Gasteiger partial charge in [-0.25, -0.2) is 0 Å². The predicted octanol–water partition coefficient (Wildman–Crippen LogP) is -2.33. The third-order valence-corrected chi connectivity index (χ3v) is 10.4. The Hall–Kier alpha value is -3.57. The number of hydrogen-bond donors (Lipinski definition) is 8. The van der Waals surface area contributed by atoms with Crippen LogP contribution in [-0.4, -0.2) is 163 Å². The van der Waals surface area contributed by atoms with Crippen molar-refractivity contribution in [2.45, 2.75) is 73.4 Å². The molecule has 3 heterocycles. The zero-order chi connectivity index (χ0) is 39.0. The maximum Gasteiger partial charge on any atom is 0.310 e. The van der Waals surface area contributed by atoms with Crippen molar-refractivity contribution in [3.8, 4) is 28.7 Å². The monoisotopic (exact) mass is 770 g/mol.